The van der Waals surface area contributed by atoms with Crippen LogP contribution in [0.1, 0.15) is 41.5 Å². The van der Waals surface area contributed by atoms with Gasteiger partial charge in [0.2, 0.25) is 0 Å². The summed E-state index contributed by atoms with van der Waals surface area (Å²) in [6.45, 7) is 14.2. The molecule has 0 aliphatic rings. The molecule has 0 atom stereocenters. The summed E-state index contributed by atoms with van der Waals surface area (Å²) in [5.41, 5.74) is 0. The first-order valence-corrected chi connectivity index (χ1v) is 6.35. The molecule has 0 rings (SSSR count). The van der Waals surface area contributed by atoms with Crippen molar-refractivity contribution in [2.75, 3.05) is 0 Å². The second-order valence-electron chi connectivity index (χ2n) is 4.62. The van der Waals surface area contributed by atoms with Crippen LogP contribution in [0.5, 0.6) is 0 Å². The van der Waals surface area contributed by atoms with Gasteiger partial charge in [-0.1, -0.05) is 0 Å². The summed E-state index contributed by atoms with van der Waals surface area (Å²) in [6, 6.07) is 0. The van der Waals surface area contributed by atoms with Crippen molar-refractivity contribution in [2.45, 2.75) is 48.4 Å². The summed E-state index contributed by atoms with van der Waals surface area (Å²) in [5, 5.41) is 0. The molecule has 0 heterocycles. The molecule has 0 aromatic rings. The number of rotatable bonds is 0. The zero-order chi connectivity index (χ0) is 7.71. The van der Waals surface area contributed by atoms with E-state index in [4.69, 9.17) is 0 Å². The minimum atomic E-state index is -0.182. The minimum absolute atomic E-state index is 0. The summed E-state index contributed by atoms with van der Waals surface area (Å²) < 4.78 is 1.31. The van der Waals surface area contributed by atoms with Gasteiger partial charge in [-0.05, 0) is 0 Å². The van der Waals surface area contributed by atoms with E-state index in [1.165, 1.54) is 0 Å². The van der Waals surface area contributed by atoms with E-state index in [2.05, 4.69) is 41.5 Å². The van der Waals surface area contributed by atoms with Crippen LogP contribution in [0, 0.1) is 0 Å². The Kier molecular flexibility index (Phi) is 10.5. The molecule has 0 N–H and O–H groups in total. The van der Waals surface area contributed by atoms with E-state index >= 15 is 0 Å². The van der Waals surface area contributed by atoms with Crippen molar-refractivity contribution < 1.29 is 0 Å². The van der Waals surface area contributed by atoms with Crippen LogP contribution in [-0.2, 0) is 0 Å². The van der Waals surface area contributed by atoms with Gasteiger partial charge in [0.1, 0.15) is 0 Å². The Morgan fingerprint density at radius 3 is 0.818 bits per heavy atom. The van der Waals surface area contributed by atoms with Crippen LogP contribution in [0.2, 0.25) is 6.86 Å². The molecule has 0 aliphatic carbocycles. The van der Waals surface area contributed by atoms with Crippen molar-refractivity contribution >= 4 is 55.1 Å². The molecule has 0 saturated carbocycles. The predicted molar refractivity (Wildman–Crippen MR) is 65.8 cm³/mol. The van der Waals surface area contributed by atoms with Gasteiger partial charge in [0.15, 0.2) is 0 Å². The maximum absolute atomic E-state index is 2.37. The standard InChI is InChI=1S/2C4H9.2BrH.Sn/c2*1-4(2)3;;;/h2*1-3H3;2*1H;. The fraction of sp³-hybridized carbons (Fsp3) is 1.00. The van der Waals surface area contributed by atoms with E-state index in [-0.39, 0.29) is 55.1 Å². The van der Waals surface area contributed by atoms with Crippen LogP contribution in [0.25, 0.3) is 0 Å². The Morgan fingerprint density at radius 1 is 0.636 bits per heavy atom. The molecule has 0 bridgehead atoms. The molecule has 0 aliphatic heterocycles. The van der Waals surface area contributed by atoms with Crippen molar-refractivity contribution in [3.05, 3.63) is 0 Å². The second-order valence-corrected chi connectivity index (χ2v) is 13.9. The first kappa shape index (κ1) is 18.5. The molecule has 0 aromatic carbocycles. The Labute approximate surface area is 103 Å². The predicted octanol–water partition coefficient (Wildman–Crippen LogP) is 4.28. The number of halogens is 2. The zero-order valence-corrected chi connectivity index (χ0v) is 14.6. The first-order valence-electron chi connectivity index (χ1n) is 3.50. The van der Waals surface area contributed by atoms with Gasteiger partial charge < -0.3 is 0 Å². The van der Waals surface area contributed by atoms with Crippen molar-refractivity contribution in [2.24, 2.45) is 0 Å². The van der Waals surface area contributed by atoms with E-state index in [1.54, 1.807) is 0 Å². The third kappa shape index (κ3) is 18.6. The SMILES string of the molecule is Br.Br.C[C](C)(C)[Sn][C](C)(C)C. The summed E-state index contributed by atoms with van der Waals surface area (Å²) in [5.74, 6) is 0. The molecule has 0 nitrogen and oxygen atoms in total. The van der Waals surface area contributed by atoms with E-state index < -0.39 is 0 Å². The van der Waals surface area contributed by atoms with Crippen molar-refractivity contribution in [1.82, 2.24) is 0 Å². The number of hydrogen-bond donors (Lipinski definition) is 0. The molecule has 0 saturated heterocycles. The summed E-state index contributed by atoms with van der Waals surface area (Å²) in [4.78, 5) is 0. The average molecular weight is 395 g/mol. The van der Waals surface area contributed by atoms with Crippen LogP contribution in [0.3, 0.4) is 0 Å². The quantitative estimate of drug-likeness (QED) is 0.538. The van der Waals surface area contributed by atoms with Crippen LogP contribution in [-0.4, -0.2) is 21.1 Å². The van der Waals surface area contributed by atoms with Gasteiger partial charge in [0.25, 0.3) is 0 Å². The van der Waals surface area contributed by atoms with Gasteiger partial charge in [-0.15, -0.1) is 34.0 Å². The summed E-state index contributed by atoms with van der Waals surface area (Å²) in [6.07, 6.45) is 0. The molecular weight excluding hydrogens is 375 g/mol. The normalized spacial score (nSPS) is 11.5. The first-order chi connectivity index (χ1) is 3.71. The summed E-state index contributed by atoms with van der Waals surface area (Å²) >= 11 is -0.182. The fourth-order valence-electron chi connectivity index (χ4n) is 1.12. The molecule has 0 unspecified atom stereocenters. The van der Waals surface area contributed by atoms with E-state index in [0.717, 1.165) is 0 Å². The monoisotopic (exact) mass is 394 g/mol. The van der Waals surface area contributed by atoms with E-state index in [9.17, 15) is 0 Å². The molecule has 0 fully saturated rings. The fourth-order valence-corrected chi connectivity index (χ4v) is 7.55. The Hall–Kier alpha value is 1.76. The maximum atomic E-state index is 2.37. The third-order valence-corrected chi connectivity index (χ3v) is 5.03. The second kappa shape index (κ2) is 6.25. The molecule has 2 radical (unpaired) electrons. The van der Waals surface area contributed by atoms with E-state index in [0.29, 0.717) is 6.86 Å². The topological polar surface area (TPSA) is 0 Å². The van der Waals surface area contributed by atoms with Crippen molar-refractivity contribution in [3.8, 4) is 0 Å². The van der Waals surface area contributed by atoms with Crippen molar-refractivity contribution in [1.29, 1.82) is 0 Å². The zero-order valence-electron chi connectivity index (χ0n) is 8.32. The molecule has 0 amide bonds. The van der Waals surface area contributed by atoms with Gasteiger partial charge >= 0.3 is 69.5 Å². The molecule has 3 heteroatoms. The van der Waals surface area contributed by atoms with Gasteiger partial charge in [-0.25, -0.2) is 0 Å². The van der Waals surface area contributed by atoms with Gasteiger partial charge in [-0.3, -0.25) is 0 Å². The van der Waals surface area contributed by atoms with Crippen LogP contribution in [0.4, 0.5) is 0 Å². The molecule has 11 heavy (non-hydrogen) atoms. The average Bonchev–Trinajstić information content (AvgIpc) is 1.14. The van der Waals surface area contributed by atoms with Crippen LogP contribution < -0.4 is 0 Å². The Morgan fingerprint density at radius 2 is 0.818 bits per heavy atom. The summed E-state index contributed by atoms with van der Waals surface area (Å²) in [7, 11) is 0. The van der Waals surface area contributed by atoms with Gasteiger partial charge in [0, 0.05) is 0 Å². The Balaban J connectivity index is -0.000000320. The van der Waals surface area contributed by atoms with Crippen LogP contribution in [0.15, 0.2) is 0 Å². The Bertz CT molecular complexity index is 77.2. The molecule has 0 aromatic heterocycles. The molecular formula is C8H20Br2Sn. The third-order valence-electron chi connectivity index (χ3n) is 0.750. The van der Waals surface area contributed by atoms with Gasteiger partial charge in [-0.2, -0.15) is 0 Å². The van der Waals surface area contributed by atoms with Crippen molar-refractivity contribution in [3.63, 3.8) is 0 Å². The van der Waals surface area contributed by atoms with Gasteiger partial charge in [0.05, 0.1) is 0 Å². The molecule has 0 spiro atoms. The molecule has 70 valence electrons. The van der Waals surface area contributed by atoms with Crippen LogP contribution >= 0.6 is 34.0 Å². The van der Waals surface area contributed by atoms with E-state index in [1.807, 2.05) is 0 Å². The number of hydrogen-bond acceptors (Lipinski definition) is 0.